The first-order chi connectivity index (χ1) is 11.0. The summed E-state index contributed by atoms with van der Waals surface area (Å²) in [4.78, 5) is 12.2. The molecular formula is C16H13Cl2NO4. The molecule has 23 heavy (non-hydrogen) atoms. The molecule has 7 heteroatoms. The maximum Gasteiger partial charge on any atom is 0.265 e. The molecule has 1 amide bonds. The van der Waals surface area contributed by atoms with Crippen molar-refractivity contribution in [3.05, 3.63) is 46.4 Å². The number of hydrogen-bond acceptors (Lipinski definition) is 4. The van der Waals surface area contributed by atoms with Gasteiger partial charge in [-0.1, -0.05) is 23.2 Å². The zero-order valence-electron chi connectivity index (χ0n) is 12.1. The van der Waals surface area contributed by atoms with Crippen LogP contribution in [0.25, 0.3) is 0 Å². The lowest BCUT2D eigenvalue weighted by Gasteiger charge is -2.15. The van der Waals surface area contributed by atoms with Gasteiger partial charge in [0.05, 0.1) is 0 Å². The average Bonchev–Trinajstić information content (AvgIpc) is 2.93. The van der Waals surface area contributed by atoms with E-state index in [2.05, 4.69) is 5.32 Å². The molecule has 0 aromatic heterocycles. The van der Waals surface area contributed by atoms with Crippen molar-refractivity contribution in [3.8, 4) is 17.2 Å². The standard InChI is InChI=1S/C16H13Cl2NO4/c1-9(23-13-5-10(17)4-11(18)6-13)16(20)19-12-2-3-14-15(7-12)22-8-21-14/h2-7,9H,8H2,1H3,(H,19,20)/t9-/m0/s1. The fourth-order valence-corrected chi connectivity index (χ4v) is 2.58. The minimum Gasteiger partial charge on any atom is -0.481 e. The van der Waals surface area contributed by atoms with Crippen LogP contribution in [-0.2, 0) is 4.79 Å². The Bertz CT molecular complexity index is 731. The molecule has 0 bridgehead atoms. The summed E-state index contributed by atoms with van der Waals surface area (Å²) in [5.74, 6) is 1.37. The van der Waals surface area contributed by atoms with Gasteiger partial charge in [-0.15, -0.1) is 0 Å². The second-order valence-corrected chi connectivity index (χ2v) is 5.80. The average molecular weight is 354 g/mol. The zero-order chi connectivity index (χ0) is 16.4. The minimum absolute atomic E-state index is 0.182. The summed E-state index contributed by atoms with van der Waals surface area (Å²) in [5, 5.41) is 3.64. The third kappa shape index (κ3) is 3.81. The predicted octanol–water partition coefficient (Wildman–Crippen LogP) is 4.13. The molecule has 1 aliphatic rings. The van der Waals surface area contributed by atoms with E-state index in [0.29, 0.717) is 33.0 Å². The van der Waals surface area contributed by atoms with Gasteiger partial charge in [0.25, 0.3) is 5.91 Å². The van der Waals surface area contributed by atoms with Crippen LogP contribution in [0.2, 0.25) is 10.0 Å². The smallest absolute Gasteiger partial charge is 0.265 e. The topological polar surface area (TPSA) is 56.8 Å². The van der Waals surface area contributed by atoms with Gasteiger partial charge >= 0.3 is 0 Å². The van der Waals surface area contributed by atoms with E-state index in [1.165, 1.54) is 0 Å². The van der Waals surface area contributed by atoms with Crippen LogP contribution in [0.5, 0.6) is 17.2 Å². The summed E-state index contributed by atoms with van der Waals surface area (Å²) >= 11 is 11.8. The molecular weight excluding hydrogens is 341 g/mol. The summed E-state index contributed by atoms with van der Waals surface area (Å²) in [5.41, 5.74) is 0.596. The number of fused-ring (bicyclic) bond motifs is 1. The van der Waals surface area contributed by atoms with Crippen molar-refractivity contribution in [1.29, 1.82) is 0 Å². The molecule has 1 aliphatic heterocycles. The van der Waals surface area contributed by atoms with Gasteiger partial charge in [-0.2, -0.15) is 0 Å². The van der Waals surface area contributed by atoms with Crippen LogP contribution >= 0.6 is 23.2 Å². The van der Waals surface area contributed by atoms with Crippen LogP contribution in [0.15, 0.2) is 36.4 Å². The molecule has 0 spiro atoms. The zero-order valence-corrected chi connectivity index (χ0v) is 13.6. The van der Waals surface area contributed by atoms with E-state index in [1.54, 1.807) is 43.3 Å². The summed E-state index contributed by atoms with van der Waals surface area (Å²) in [6, 6.07) is 9.95. The number of carbonyl (C=O) groups excluding carboxylic acids is 1. The second kappa shape index (κ2) is 6.56. The first-order valence-corrected chi connectivity index (χ1v) is 7.60. The molecule has 1 heterocycles. The van der Waals surface area contributed by atoms with Crippen LogP contribution in [-0.4, -0.2) is 18.8 Å². The predicted molar refractivity (Wildman–Crippen MR) is 87.7 cm³/mol. The van der Waals surface area contributed by atoms with E-state index in [4.69, 9.17) is 37.4 Å². The van der Waals surface area contributed by atoms with Gasteiger partial charge in [0.1, 0.15) is 5.75 Å². The second-order valence-electron chi connectivity index (χ2n) is 4.92. The number of anilines is 1. The number of amides is 1. The van der Waals surface area contributed by atoms with Gasteiger partial charge in [0, 0.05) is 21.8 Å². The van der Waals surface area contributed by atoms with Gasteiger partial charge in [-0.3, -0.25) is 4.79 Å². The Hall–Kier alpha value is -2.11. The molecule has 2 aromatic rings. The molecule has 0 unspecified atom stereocenters. The van der Waals surface area contributed by atoms with E-state index in [9.17, 15) is 4.79 Å². The summed E-state index contributed by atoms with van der Waals surface area (Å²) in [7, 11) is 0. The number of benzene rings is 2. The third-order valence-electron chi connectivity index (χ3n) is 3.16. The summed E-state index contributed by atoms with van der Waals surface area (Å²) < 4.78 is 16.1. The first-order valence-electron chi connectivity index (χ1n) is 6.84. The van der Waals surface area contributed by atoms with E-state index in [0.717, 1.165) is 0 Å². The molecule has 3 rings (SSSR count). The maximum absolute atomic E-state index is 12.2. The summed E-state index contributed by atoms with van der Waals surface area (Å²) in [6.07, 6.45) is -0.727. The number of halogens is 2. The molecule has 5 nitrogen and oxygen atoms in total. The van der Waals surface area contributed by atoms with Crippen LogP contribution in [0, 0.1) is 0 Å². The summed E-state index contributed by atoms with van der Waals surface area (Å²) in [6.45, 7) is 1.82. The Kier molecular flexibility index (Phi) is 4.50. The van der Waals surface area contributed by atoms with Crippen LogP contribution in [0.1, 0.15) is 6.92 Å². The van der Waals surface area contributed by atoms with Crippen molar-refractivity contribution in [2.24, 2.45) is 0 Å². The molecule has 1 atom stereocenters. The lowest BCUT2D eigenvalue weighted by Crippen LogP contribution is -2.30. The Morgan fingerprint density at radius 2 is 1.83 bits per heavy atom. The molecule has 1 N–H and O–H groups in total. The molecule has 120 valence electrons. The van der Waals surface area contributed by atoms with Crippen molar-refractivity contribution in [2.75, 3.05) is 12.1 Å². The minimum atomic E-state index is -0.727. The molecule has 2 aromatic carbocycles. The van der Waals surface area contributed by atoms with Crippen molar-refractivity contribution in [1.82, 2.24) is 0 Å². The van der Waals surface area contributed by atoms with E-state index in [-0.39, 0.29) is 12.7 Å². The SMILES string of the molecule is C[C@H](Oc1cc(Cl)cc(Cl)c1)C(=O)Nc1ccc2c(c1)OCO2. The van der Waals surface area contributed by atoms with Crippen LogP contribution < -0.4 is 19.5 Å². The Balaban J connectivity index is 1.65. The van der Waals surface area contributed by atoms with Gasteiger partial charge in [0.15, 0.2) is 17.6 Å². The van der Waals surface area contributed by atoms with E-state index in [1.807, 2.05) is 0 Å². The fraction of sp³-hybridized carbons (Fsp3) is 0.188. The molecule has 0 radical (unpaired) electrons. The largest absolute Gasteiger partial charge is 0.481 e. The fourth-order valence-electron chi connectivity index (χ4n) is 2.07. The molecule has 0 fully saturated rings. The highest BCUT2D eigenvalue weighted by Crippen LogP contribution is 2.34. The van der Waals surface area contributed by atoms with Crippen molar-refractivity contribution < 1.29 is 19.0 Å². The Morgan fingerprint density at radius 1 is 1.13 bits per heavy atom. The van der Waals surface area contributed by atoms with Crippen molar-refractivity contribution in [2.45, 2.75) is 13.0 Å². The van der Waals surface area contributed by atoms with Crippen LogP contribution in [0.4, 0.5) is 5.69 Å². The quantitative estimate of drug-likeness (QED) is 0.897. The number of hydrogen-bond donors (Lipinski definition) is 1. The van der Waals surface area contributed by atoms with Gasteiger partial charge in [-0.05, 0) is 37.3 Å². The molecule has 0 saturated heterocycles. The number of ether oxygens (including phenoxy) is 3. The molecule has 0 aliphatic carbocycles. The van der Waals surface area contributed by atoms with E-state index >= 15 is 0 Å². The lowest BCUT2D eigenvalue weighted by atomic mass is 10.2. The highest BCUT2D eigenvalue weighted by molar-refractivity contribution is 6.34. The highest BCUT2D eigenvalue weighted by atomic mass is 35.5. The van der Waals surface area contributed by atoms with E-state index < -0.39 is 6.10 Å². The molecule has 0 saturated carbocycles. The van der Waals surface area contributed by atoms with Gasteiger partial charge < -0.3 is 19.5 Å². The van der Waals surface area contributed by atoms with Crippen LogP contribution in [0.3, 0.4) is 0 Å². The number of carbonyl (C=O) groups is 1. The maximum atomic E-state index is 12.2. The lowest BCUT2D eigenvalue weighted by molar-refractivity contribution is -0.122. The van der Waals surface area contributed by atoms with Gasteiger partial charge in [-0.25, -0.2) is 0 Å². The Labute approximate surface area is 143 Å². The van der Waals surface area contributed by atoms with Crippen molar-refractivity contribution >= 4 is 34.8 Å². The monoisotopic (exact) mass is 353 g/mol. The number of rotatable bonds is 4. The first kappa shape index (κ1) is 15.8. The Morgan fingerprint density at radius 3 is 2.57 bits per heavy atom. The normalized spacial score (nSPS) is 13.5. The third-order valence-corrected chi connectivity index (χ3v) is 3.59. The number of nitrogens with one attached hydrogen (secondary N) is 1. The van der Waals surface area contributed by atoms with Gasteiger partial charge in [0.2, 0.25) is 6.79 Å². The highest BCUT2D eigenvalue weighted by Gasteiger charge is 2.18. The van der Waals surface area contributed by atoms with Crippen molar-refractivity contribution in [3.63, 3.8) is 0 Å².